The van der Waals surface area contributed by atoms with Crippen LogP contribution in [-0.2, 0) is 4.79 Å². The number of allylic oxidation sites excluding steroid dienone is 3. The van der Waals surface area contributed by atoms with Crippen molar-refractivity contribution in [1.82, 2.24) is 0 Å². The highest BCUT2D eigenvalue weighted by Gasteiger charge is 1.95. The molecule has 0 saturated carbocycles. The third kappa shape index (κ3) is 2.64. The molecule has 1 rings (SSSR count). The van der Waals surface area contributed by atoms with Crippen LogP contribution in [0.3, 0.4) is 0 Å². The number of carbonyl (C=O) groups is 1. The average Bonchev–Trinajstić information content (AvgIpc) is 2.02. The third-order valence-electron chi connectivity index (χ3n) is 0.912. The minimum Gasteiger partial charge on any atom is -0.285 e. The summed E-state index contributed by atoms with van der Waals surface area (Å²) in [6.45, 7) is 0.277. The van der Waals surface area contributed by atoms with Crippen LogP contribution in [0.5, 0.6) is 0 Å². The fourth-order valence-electron chi connectivity index (χ4n) is 0.500. The summed E-state index contributed by atoms with van der Waals surface area (Å²) in [7, 11) is 0. The maximum Gasteiger partial charge on any atom is 0.214 e. The summed E-state index contributed by atoms with van der Waals surface area (Å²) >= 11 is 1.18. The highest BCUT2D eigenvalue weighted by molar-refractivity contribution is 8.16. The fraction of sp³-hybridized carbons (Fsp3) is 0.143. The lowest BCUT2D eigenvalue weighted by Gasteiger charge is -1.86. The predicted molar refractivity (Wildman–Crippen MR) is 44.2 cm³/mol. The standard InChI is InChI=1S/C7H7NOS/c9-7-6-8-4-2-1-3-5-10-7/h1-5H,6H2/b2-1-,5-3+,8-4?. The van der Waals surface area contributed by atoms with Gasteiger partial charge in [-0.25, -0.2) is 0 Å². The Kier molecular flexibility index (Phi) is 2.96. The van der Waals surface area contributed by atoms with Crippen LogP contribution in [0.4, 0.5) is 0 Å². The number of hydrogen-bond acceptors (Lipinski definition) is 3. The normalized spacial score (nSPS) is 24.6. The van der Waals surface area contributed by atoms with Crippen molar-refractivity contribution < 1.29 is 4.79 Å². The summed E-state index contributed by atoms with van der Waals surface area (Å²) in [5.41, 5.74) is 0. The number of nitrogens with zero attached hydrogens (tertiary/aromatic N) is 1. The molecule has 10 heavy (non-hydrogen) atoms. The molecule has 0 aliphatic carbocycles. The summed E-state index contributed by atoms with van der Waals surface area (Å²) in [4.78, 5) is 14.6. The molecule has 3 heteroatoms. The topological polar surface area (TPSA) is 29.4 Å². The fourth-order valence-corrected chi connectivity index (χ4v) is 0.970. The molecule has 0 saturated heterocycles. The molecule has 1 aliphatic heterocycles. The van der Waals surface area contributed by atoms with E-state index in [4.69, 9.17) is 0 Å². The van der Waals surface area contributed by atoms with E-state index in [1.165, 1.54) is 11.8 Å². The zero-order valence-corrected chi connectivity index (χ0v) is 6.17. The molecule has 0 fully saturated rings. The second-order valence-corrected chi connectivity index (χ2v) is 2.66. The van der Waals surface area contributed by atoms with Crippen molar-refractivity contribution in [3.05, 3.63) is 23.6 Å². The third-order valence-corrected chi connectivity index (χ3v) is 1.60. The van der Waals surface area contributed by atoms with E-state index in [0.717, 1.165) is 0 Å². The smallest absolute Gasteiger partial charge is 0.214 e. The lowest BCUT2D eigenvalue weighted by Crippen LogP contribution is -1.93. The van der Waals surface area contributed by atoms with E-state index >= 15 is 0 Å². The van der Waals surface area contributed by atoms with Crippen molar-refractivity contribution in [2.24, 2.45) is 4.99 Å². The first-order chi connectivity index (χ1) is 4.89. The molecule has 0 radical (unpaired) electrons. The first-order valence-electron chi connectivity index (χ1n) is 2.91. The minimum atomic E-state index is 0.0798. The lowest BCUT2D eigenvalue weighted by atomic mass is 10.5. The Morgan fingerprint density at radius 2 is 2.30 bits per heavy atom. The molecule has 0 atom stereocenters. The monoisotopic (exact) mass is 153 g/mol. The molecule has 0 aromatic carbocycles. The van der Waals surface area contributed by atoms with Gasteiger partial charge in [0.25, 0.3) is 0 Å². The van der Waals surface area contributed by atoms with Gasteiger partial charge < -0.3 is 0 Å². The number of thioether (sulfide) groups is 1. The molecule has 1 heterocycles. The Bertz CT molecular complexity index is 186. The highest BCUT2D eigenvalue weighted by Crippen LogP contribution is 2.04. The van der Waals surface area contributed by atoms with Gasteiger partial charge >= 0.3 is 0 Å². The van der Waals surface area contributed by atoms with E-state index in [1.54, 1.807) is 17.7 Å². The average molecular weight is 153 g/mol. The summed E-state index contributed by atoms with van der Waals surface area (Å²) in [6, 6.07) is 0. The van der Waals surface area contributed by atoms with Crippen LogP contribution in [-0.4, -0.2) is 17.9 Å². The molecule has 1 aliphatic rings. The highest BCUT2D eigenvalue weighted by atomic mass is 32.2. The maximum absolute atomic E-state index is 10.8. The largest absolute Gasteiger partial charge is 0.285 e. The Balaban J connectivity index is 2.61. The summed E-state index contributed by atoms with van der Waals surface area (Å²) in [5, 5.41) is 1.84. The van der Waals surface area contributed by atoms with Crippen molar-refractivity contribution >= 4 is 23.1 Å². The predicted octanol–water partition coefficient (Wildman–Crippen LogP) is 1.40. The molecule has 0 N–H and O–H groups in total. The van der Waals surface area contributed by atoms with Gasteiger partial charge in [-0.2, -0.15) is 0 Å². The second kappa shape index (κ2) is 4.06. The second-order valence-electron chi connectivity index (χ2n) is 1.69. The van der Waals surface area contributed by atoms with E-state index in [-0.39, 0.29) is 11.7 Å². The van der Waals surface area contributed by atoms with E-state index in [9.17, 15) is 4.79 Å². The Morgan fingerprint density at radius 3 is 3.20 bits per heavy atom. The van der Waals surface area contributed by atoms with Crippen molar-refractivity contribution in [2.45, 2.75) is 0 Å². The summed E-state index contributed by atoms with van der Waals surface area (Å²) in [6.07, 6.45) is 7.10. The van der Waals surface area contributed by atoms with E-state index in [2.05, 4.69) is 4.99 Å². The number of hydrogen-bond donors (Lipinski definition) is 0. The van der Waals surface area contributed by atoms with Crippen LogP contribution in [0.1, 0.15) is 0 Å². The molecule has 0 unspecified atom stereocenters. The van der Waals surface area contributed by atoms with Gasteiger partial charge in [-0.1, -0.05) is 23.9 Å². The van der Waals surface area contributed by atoms with E-state index < -0.39 is 0 Å². The number of aliphatic imine (C=N–C) groups is 1. The van der Waals surface area contributed by atoms with Gasteiger partial charge in [0.05, 0.1) is 0 Å². The molecule has 52 valence electrons. The first kappa shape index (κ1) is 7.28. The van der Waals surface area contributed by atoms with Gasteiger partial charge in [0.1, 0.15) is 6.54 Å². The van der Waals surface area contributed by atoms with Gasteiger partial charge in [0, 0.05) is 6.21 Å². The van der Waals surface area contributed by atoms with Gasteiger partial charge in [0.15, 0.2) is 0 Å². The van der Waals surface area contributed by atoms with Crippen LogP contribution >= 0.6 is 11.8 Å². The van der Waals surface area contributed by atoms with Crippen LogP contribution in [0.2, 0.25) is 0 Å². The van der Waals surface area contributed by atoms with Gasteiger partial charge in [-0.3, -0.25) is 9.79 Å². The summed E-state index contributed by atoms with van der Waals surface area (Å²) < 4.78 is 0. The van der Waals surface area contributed by atoms with Gasteiger partial charge in [0.2, 0.25) is 5.12 Å². The molecule has 0 aromatic rings. The molecular weight excluding hydrogens is 146 g/mol. The zero-order valence-electron chi connectivity index (χ0n) is 5.36. The molecular formula is C7H7NOS. The zero-order chi connectivity index (χ0) is 7.23. The van der Waals surface area contributed by atoms with Crippen molar-refractivity contribution in [3.8, 4) is 0 Å². The van der Waals surface area contributed by atoms with Crippen LogP contribution in [0, 0.1) is 0 Å². The molecule has 2 nitrogen and oxygen atoms in total. The van der Waals surface area contributed by atoms with E-state index in [1.807, 2.05) is 12.2 Å². The Labute approximate surface area is 63.7 Å². The Morgan fingerprint density at radius 1 is 1.40 bits per heavy atom. The quantitative estimate of drug-likeness (QED) is 0.526. The SMILES string of the molecule is O=C1CN=C/C=C\C=C\S1. The molecule has 0 aromatic heterocycles. The van der Waals surface area contributed by atoms with Crippen LogP contribution < -0.4 is 0 Å². The van der Waals surface area contributed by atoms with E-state index in [0.29, 0.717) is 0 Å². The van der Waals surface area contributed by atoms with Crippen molar-refractivity contribution in [3.63, 3.8) is 0 Å². The lowest BCUT2D eigenvalue weighted by molar-refractivity contribution is -0.109. The number of rotatable bonds is 0. The minimum absolute atomic E-state index is 0.0798. The van der Waals surface area contributed by atoms with Crippen LogP contribution in [0.25, 0.3) is 0 Å². The van der Waals surface area contributed by atoms with Crippen molar-refractivity contribution in [1.29, 1.82) is 0 Å². The van der Waals surface area contributed by atoms with Crippen molar-refractivity contribution in [2.75, 3.05) is 6.54 Å². The first-order valence-corrected chi connectivity index (χ1v) is 3.78. The molecule has 0 spiro atoms. The Hall–Kier alpha value is -0.830. The van der Waals surface area contributed by atoms with Gasteiger partial charge in [-0.05, 0) is 11.5 Å². The molecule has 0 bridgehead atoms. The van der Waals surface area contributed by atoms with Gasteiger partial charge in [-0.15, -0.1) is 0 Å². The van der Waals surface area contributed by atoms with Crippen LogP contribution in [0.15, 0.2) is 28.6 Å². The molecule has 0 amide bonds. The maximum atomic E-state index is 10.8. The number of carbonyl (C=O) groups excluding carboxylic acids is 1. The summed E-state index contributed by atoms with van der Waals surface area (Å²) in [5.74, 6) is 0.